The van der Waals surface area contributed by atoms with Gasteiger partial charge in [0.25, 0.3) is 0 Å². The Labute approximate surface area is 185 Å². The van der Waals surface area contributed by atoms with E-state index in [9.17, 15) is 9.59 Å². The van der Waals surface area contributed by atoms with Crippen molar-refractivity contribution in [2.24, 2.45) is 0 Å². The number of carbonyl (C=O) groups excluding carboxylic acids is 2. The molecule has 4 nitrogen and oxygen atoms in total. The Morgan fingerprint density at radius 1 is 1.10 bits per heavy atom. The average Bonchev–Trinajstić information content (AvgIpc) is 2.74. The van der Waals surface area contributed by atoms with Gasteiger partial charge in [0.05, 0.1) is 12.2 Å². The van der Waals surface area contributed by atoms with Gasteiger partial charge in [-0.2, -0.15) is 0 Å². The average molecular weight is 466 g/mol. The van der Waals surface area contributed by atoms with Crippen LogP contribution in [0, 0.1) is 0 Å². The molecule has 2 aliphatic rings. The molecule has 0 aromatic heterocycles. The van der Waals surface area contributed by atoms with E-state index >= 15 is 0 Å². The fourth-order valence-corrected chi connectivity index (χ4v) is 4.77. The summed E-state index contributed by atoms with van der Waals surface area (Å²) in [4.78, 5) is 26.1. The number of dihydropyridines is 1. The molecule has 1 heterocycles. The second kappa shape index (κ2) is 9.00. The molecule has 0 amide bonds. The first-order chi connectivity index (χ1) is 14.6. The van der Waals surface area contributed by atoms with E-state index in [4.69, 9.17) is 4.74 Å². The molecule has 2 aromatic rings. The van der Waals surface area contributed by atoms with Gasteiger partial charge < -0.3 is 10.1 Å². The fraction of sp³-hybridized carbons (Fsp3) is 0.280. The third-order valence-electron chi connectivity index (χ3n) is 5.68. The molecule has 1 unspecified atom stereocenters. The molecule has 154 valence electrons. The summed E-state index contributed by atoms with van der Waals surface area (Å²) in [6.07, 6.45) is 2.81. The SMILES string of the molecule is CC1=C(C(=O)OCCc2ccccc2)C(c2ccccc2Br)C2=C(CCCC2=O)N1. The zero-order valence-electron chi connectivity index (χ0n) is 16.9. The number of esters is 1. The molecule has 1 atom stereocenters. The highest BCUT2D eigenvalue weighted by Gasteiger charge is 2.39. The first-order valence-corrected chi connectivity index (χ1v) is 11.0. The van der Waals surface area contributed by atoms with Crippen molar-refractivity contribution in [1.82, 2.24) is 5.32 Å². The minimum atomic E-state index is -0.422. The molecule has 30 heavy (non-hydrogen) atoms. The predicted molar refractivity (Wildman–Crippen MR) is 120 cm³/mol. The molecule has 5 heteroatoms. The van der Waals surface area contributed by atoms with Crippen molar-refractivity contribution in [3.63, 3.8) is 0 Å². The topological polar surface area (TPSA) is 55.4 Å². The predicted octanol–water partition coefficient (Wildman–Crippen LogP) is 5.20. The van der Waals surface area contributed by atoms with Crippen LogP contribution in [-0.4, -0.2) is 18.4 Å². The number of hydrogen-bond donors (Lipinski definition) is 1. The number of nitrogens with one attached hydrogen (secondary N) is 1. The highest BCUT2D eigenvalue weighted by Crippen LogP contribution is 2.44. The molecule has 0 radical (unpaired) electrons. The zero-order chi connectivity index (χ0) is 21.1. The van der Waals surface area contributed by atoms with Gasteiger partial charge >= 0.3 is 5.97 Å². The highest BCUT2D eigenvalue weighted by atomic mass is 79.9. The van der Waals surface area contributed by atoms with Crippen LogP contribution >= 0.6 is 15.9 Å². The summed E-state index contributed by atoms with van der Waals surface area (Å²) in [5.74, 6) is -0.693. The largest absolute Gasteiger partial charge is 0.462 e. The fourth-order valence-electron chi connectivity index (χ4n) is 4.26. The van der Waals surface area contributed by atoms with Crippen molar-refractivity contribution < 1.29 is 14.3 Å². The lowest BCUT2D eigenvalue weighted by atomic mass is 9.75. The number of ether oxygens (including phenoxy) is 1. The number of allylic oxidation sites excluding steroid dienone is 3. The lowest BCUT2D eigenvalue weighted by molar-refractivity contribution is -0.139. The van der Waals surface area contributed by atoms with Gasteiger partial charge in [0.2, 0.25) is 0 Å². The Morgan fingerprint density at radius 2 is 1.83 bits per heavy atom. The molecule has 1 aliphatic heterocycles. The van der Waals surface area contributed by atoms with Gasteiger partial charge in [-0.15, -0.1) is 0 Å². The molecular formula is C25H24BrNO3. The zero-order valence-corrected chi connectivity index (χ0v) is 18.5. The summed E-state index contributed by atoms with van der Waals surface area (Å²) in [6, 6.07) is 17.7. The summed E-state index contributed by atoms with van der Waals surface area (Å²) >= 11 is 3.62. The minimum absolute atomic E-state index is 0.103. The van der Waals surface area contributed by atoms with Crippen LogP contribution < -0.4 is 5.32 Å². The normalized spacial score (nSPS) is 18.7. The van der Waals surface area contributed by atoms with E-state index in [1.165, 1.54) is 0 Å². The van der Waals surface area contributed by atoms with Crippen molar-refractivity contribution >= 4 is 27.7 Å². The Kier molecular flexibility index (Phi) is 6.18. The second-order valence-electron chi connectivity index (χ2n) is 7.66. The number of halogens is 1. The molecule has 0 saturated carbocycles. The number of carbonyl (C=O) groups is 2. The smallest absolute Gasteiger partial charge is 0.336 e. The van der Waals surface area contributed by atoms with Crippen LogP contribution in [0.2, 0.25) is 0 Å². The van der Waals surface area contributed by atoms with Crippen LogP contribution in [0.15, 0.2) is 81.6 Å². The van der Waals surface area contributed by atoms with Gasteiger partial charge in [-0.05, 0) is 37.0 Å². The van der Waals surface area contributed by atoms with Gasteiger partial charge in [-0.25, -0.2) is 4.79 Å². The Morgan fingerprint density at radius 3 is 2.60 bits per heavy atom. The molecule has 1 N–H and O–H groups in total. The van der Waals surface area contributed by atoms with E-state index in [1.54, 1.807) is 0 Å². The number of rotatable bonds is 5. The lowest BCUT2D eigenvalue weighted by Gasteiger charge is -2.34. The van der Waals surface area contributed by atoms with E-state index in [1.807, 2.05) is 61.5 Å². The summed E-state index contributed by atoms with van der Waals surface area (Å²) in [5.41, 5.74) is 4.95. The molecule has 2 aromatic carbocycles. The Balaban J connectivity index is 1.65. The van der Waals surface area contributed by atoms with Crippen LogP contribution in [0.4, 0.5) is 0 Å². The van der Waals surface area contributed by atoms with Crippen molar-refractivity contribution in [3.05, 3.63) is 92.7 Å². The maximum Gasteiger partial charge on any atom is 0.336 e. The second-order valence-corrected chi connectivity index (χ2v) is 8.51. The number of Topliss-reactive ketones (excluding diaryl/α,β-unsaturated/α-hetero) is 1. The summed E-state index contributed by atoms with van der Waals surface area (Å²) in [6.45, 7) is 2.18. The Hall–Kier alpha value is -2.66. The number of benzene rings is 2. The quantitative estimate of drug-likeness (QED) is 0.616. The molecule has 0 spiro atoms. The van der Waals surface area contributed by atoms with E-state index in [0.717, 1.165) is 39.8 Å². The van der Waals surface area contributed by atoms with Crippen LogP contribution in [0.25, 0.3) is 0 Å². The van der Waals surface area contributed by atoms with Gasteiger partial charge in [0, 0.05) is 40.2 Å². The standard InChI is InChI=1S/C25H24BrNO3/c1-16-22(25(29)30-15-14-17-8-3-2-4-9-17)23(18-10-5-6-11-19(18)26)24-20(27-16)12-7-13-21(24)28/h2-6,8-11,23,27H,7,12-15H2,1H3. The summed E-state index contributed by atoms with van der Waals surface area (Å²) < 4.78 is 6.56. The van der Waals surface area contributed by atoms with Gasteiger partial charge in [0.15, 0.2) is 5.78 Å². The van der Waals surface area contributed by atoms with Crippen LogP contribution in [-0.2, 0) is 20.7 Å². The molecule has 0 saturated heterocycles. The molecule has 0 bridgehead atoms. The van der Waals surface area contributed by atoms with Gasteiger partial charge in [-0.1, -0.05) is 64.5 Å². The van der Waals surface area contributed by atoms with Crippen molar-refractivity contribution in [3.8, 4) is 0 Å². The Bertz CT molecular complexity index is 1040. The van der Waals surface area contributed by atoms with E-state index in [0.29, 0.717) is 30.6 Å². The summed E-state index contributed by atoms with van der Waals surface area (Å²) in [7, 11) is 0. The van der Waals surface area contributed by atoms with Crippen molar-refractivity contribution in [1.29, 1.82) is 0 Å². The first kappa shape index (κ1) is 20.6. The maximum absolute atomic E-state index is 13.2. The van der Waals surface area contributed by atoms with E-state index in [-0.39, 0.29) is 11.8 Å². The minimum Gasteiger partial charge on any atom is -0.462 e. The number of hydrogen-bond acceptors (Lipinski definition) is 4. The number of ketones is 1. The molecule has 1 aliphatic carbocycles. The first-order valence-electron chi connectivity index (χ1n) is 10.3. The molecule has 0 fully saturated rings. The monoisotopic (exact) mass is 465 g/mol. The lowest BCUT2D eigenvalue weighted by Crippen LogP contribution is -2.34. The van der Waals surface area contributed by atoms with Gasteiger partial charge in [-0.3, -0.25) is 4.79 Å². The third kappa shape index (κ3) is 4.12. The van der Waals surface area contributed by atoms with E-state index < -0.39 is 5.92 Å². The van der Waals surface area contributed by atoms with Crippen LogP contribution in [0.5, 0.6) is 0 Å². The van der Waals surface area contributed by atoms with Crippen LogP contribution in [0.1, 0.15) is 43.2 Å². The van der Waals surface area contributed by atoms with Crippen LogP contribution in [0.3, 0.4) is 0 Å². The third-order valence-corrected chi connectivity index (χ3v) is 6.40. The molecule has 4 rings (SSSR count). The highest BCUT2D eigenvalue weighted by molar-refractivity contribution is 9.10. The van der Waals surface area contributed by atoms with E-state index in [2.05, 4.69) is 21.2 Å². The maximum atomic E-state index is 13.2. The van der Waals surface area contributed by atoms with Crippen molar-refractivity contribution in [2.75, 3.05) is 6.61 Å². The summed E-state index contributed by atoms with van der Waals surface area (Å²) in [5, 5.41) is 3.33. The molecular weight excluding hydrogens is 442 g/mol. The van der Waals surface area contributed by atoms with Crippen molar-refractivity contribution in [2.45, 2.75) is 38.5 Å². The van der Waals surface area contributed by atoms with Gasteiger partial charge in [0.1, 0.15) is 0 Å².